The van der Waals surface area contributed by atoms with Gasteiger partial charge in [-0.25, -0.2) is 0 Å². The summed E-state index contributed by atoms with van der Waals surface area (Å²) in [4.78, 5) is 15.4. The molecule has 1 fully saturated rings. The van der Waals surface area contributed by atoms with Crippen molar-refractivity contribution in [2.24, 2.45) is 5.92 Å². The zero-order valence-electron chi connectivity index (χ0n) is 7.16. The van der Waals surface area contributed by atoms with E-state index in [9.17, 15) is 4.79 Å². The summed E-state index contributed by atoms with van der Waals surface area (Å²) < 4.78 is 0. The van der Waals surface area contributed by atoms with Crippen molar-refractivity contribution >= 4 is 17.4 Å². The summed E-state index contributed by atoms with van der Waals surface area (Å²) in [6.07, 6.45) is 6.14. The molecule has 1 saturated carbocycles. The van der Waals surface area contributed by atoms with Crippen molar-refractivity contribution in [3.05, 3.63) is 29.0 Å². The highest BCUT2D eigenvalue weighted by molar-refractivity contribution is 6.33. The summed E-state index contributed by atoms with van der Waals surface area (Å²) in [5, 5.41) is 0.466. The predicted octanol–water partition coefficient (Wildman–Crippen LogP) is 2.72. The Balaban J connectivity index is 2.13. The zero-order chi connectivity index (χ0) is 9.26. The zero-order valence-corrected chi connectivity index (χ0v) is 7.92. The maximum Gasteiger partial charge on any atom is 0.164 e. The second-order valence-electron chi connectivity index (χ2n) is 3.43. The Labute approximate surface area is 81.9 Å². The molecule has 0 radical (unpaired) electrons. The van der Waals surface area contributed by atoms with Gasteiger partial charge in [0.2, 0.25) is 0 Å². The molecule has 0 N–H and O–H groups in total. The predicted molar refractivity (Wildman–Crippen MR) is 50.9 cm³/mol. The van der Waals surface area contributed by atoms with Gasteiger partial charge in [0.25, 0.3) is 0 Å². The normalized spacial score (nSPS) is 15.8. The molecule has 0 spiro atoms. The van der Waals surface area contributed by atoms with Gasteiger partial charge in [0.05, 0.1) is 5.02 Å². The first-order chi connectivity index (χ1) is 6.27. The van der Waals surface area contributed by atoms with E-state index in [1.807, 2.05) is 0 Å². The van der Waals surface area contributed by atoms with E-state index in [0.717, 1.165) is 0 Å². The number of hydrogen-bond acceptors (Lipinski definition) is 2. The molecule has 2 rings (SSSR count). The first-order valence-electron chi connectivity index (χ1n) is 4.40. The quantitative estimate of drug-likeness (QED) is 0.695. The smallest absolute Gasteiger partial charge is 0.164 e. The molecule has 1 aliphatic rings. The Kier molecular flexibility index (Phi) is 2.32. The minimum absolute atomic E-state index is 0.148. The number of rotatable bonds is 3. The minimum Gasteiger partial charge on any atom is -0.294 e. The number of pyridine rings is 1. The van der Waals surface area contributed by atoms with Crippen LogP contribution in [0.4, 0.5) is 0 Å². The van der Waals surface area contributed by atoms with E-state index in [-0.39, 0.29) is 5.78 Å². The minimum atomic E-state index is 0.148. The van der Waals surface area contributed by atoms with E-state index >= 15 is 0 Å². The van der Waals surface area contributed by atoms with Crippen molar-refractivity contribution < 1.29 is 4.79 Å². The Hall–Kier alpha value is -0.890. The Morgan fingerprint density at radius 1 is 1.62 bits per heavy atom. The maximum atomic E-state index is 11.6. The molecule has 0 saturated heterocycles. The Morgan fingerprint density at radius 2 is 2.38 bits per heavy atom. The number of hydrogen-bond donors (Lipinski definition) is 0. The van der Waals surface area contributed by atoms with E-state index < -0.39 is 0 Å². The van der Waals surface area contributed by atoms with Gasteiger partial charge in [-0.15, -0.1) is 0 Å². The molecule has 0 aliphatic heterocycles. The molecule has 2 nitrogen and oxygen atoms in total. The SMILES string of the molecule is O=C(CC1CC1)c1ccncc1Cl. The number of ketones is 1. The molecule has 0 bridgehead atoms. The van der Waals surface area contributed by atoms with E-state index in [4.69, 9.17) is 11.6 Å². The second kappa shape index (κ2) is 3.46. The molecular formula is C10H10ClNO. The molecule has 0 atom stereocenters. The largest absolute Gasteiger partial charge is 0.294 e. The van der Waals surface area contributed by atoms with Crippen molar-refractivity contribution in [1.82, 2.24) is 4.98 Å². The summed E-state index contributed by atoms with van der Waals surface area (Å²) >= 11 is 5.84. The average molecular weight is 196 g/mol. The van der Waals surface area contributed by atoms with Crippen LogP contribution in [0.3, 0.4) is 0 Å². The second-order valence-corrected chi connectivity index (χ2v) is 3.83. The van der Waals surface area contributed by atoms with Gasteiger partial charge in [-0.2, -0.15) is 0 Å². The molecule has 1 aromatic heterocycles. The molecule has 1 aliphatic carbocycles. The molecule has 0 unspecified atom stereocenters. The summed E-state index contributed by atoms with van der Waals surface area (Å²) in [7, 11) is 0. The molecule has 13 heavy (non-hydrogen) atoms. The summed E-state index contributed by atoms with van der Waals surface area (Å²) in [6, 6.07) is 1.69. The lowest BCUT2D eigenvalue weighted by Crippen LogP contribution is -2.01. The van der Waals surface area contributed by atoms with Gasteiger partial charge in [0.1, 0.15) is 0 Å². The fourth-order valence-corrected chi connectivity index (χ4v) is 1.52. The lowest BCUT2D eigenvalue weighted by molar-refractivity contribution is 0.0976. The van der Waals surface area contributed by atoms with E-state index in [0.29, 0.717) is 22.9 Å². The highest BCUT2D eigenvalue weighted by Gasteiger charge is 2.25. The van der Waals surface area contributed by atoms with Crippen LogP contribution in [-0.4, -0.2) is 10.8 Å². The monoisotopic (exact) mass is 195 g/mol. The third-order valence-electron chi connectivity index (χ3n) is 2.24. The van der Waals surface area contributed by atoms with Gasteiger partial charge in [-0.05, 0) is 24.8 Å². The van der Waals surface area contributed by atoms with Gasteiger partial charge >= 0.3 is 0 Å². The van der Waals surface area contributed by atoms with Crippen molar-refractivity contribution in [3.8, 4) is 0 Å². The molecule has 1 aromatic rings. The highest BCUT2D eigenvalue weighted by atomic mass is 35.5. The Morgan fingerprint density at radius 3 is 3.00 bits per heavy atom. The molecule has 68 valence electrons. The first-order valence-corrected chi connectivity index (χ1v) is 4.78. The van der Waals surface area contributed by atoms with Gasteiger partial charge < -0.3 is 0 Å². The standard InChI is InChI=1S/C10H10ClNO/c11-9-6-12-4-3-8(9)10(13)5-7-1-2-7/h3-4,6-7H,1-2,5H2. The van der Waals surface area contributed by atoms with Crippen molar-refractivity contribution in [3.63, 3.8) is 0 Å². The van der Waals surface area contributed by atoms with Crippen LogP contribution in [0.5, 0.6) is 0 Å². The number of nitrogens with zero attached hydrogens (tertiary/aromatic N) is 1. The molecule has 1 heterocycles. The molecule has 0 amide bonds. The maximum absolute atomic E-state index is 11.6. The third kappa shape index (κ3) is 2.07. The Bertz CT molecular complexity index is 333. The fraction of sp³-hybridized carbons (Fsp3) is 0.400. The van der Waals surface area contributed by atoms with Gasteiger partial charge in [-0.3, -0.25) is 9.78 Å². The molecular weight excluding hydrogens is 186 g/mol. The number of carbonyl (C=O) groups is 1. The van der Waals surface area contributed by atoms with Crippen LogP contribution in [0.1, 0.15) is 29.6 Å². The first kappa shape index (κ1) is 8.70. The summed E-state index contributed by atoms with van der Waals surface area (Å²) in [6.45, 7) is 0. The van der Waals surface area contributed by atoms with Crippen LogP contribution >= 0.6 is 11.6 Å². The van der Waals surface area contributed by atoms with Gasteiger partial charge in [0, 0.05) is 24.4 Å². The van der Waals surface area contributed by atoms with Crippen molar-refractivity contribution in [1.29, 1.82) is 0 Å². The topological polar surface area (TPSA) is 30.0 Å². The average Bonchev–Trinajstić information content (AvgIpc) is 2.89. The van der Waals surface area contributed by atoms with Crippen LogP contribution in [0.15, 0.2) is 18.5 Å². The van der Waals surface area contributed by atoms with E-state index in [1.165, 1.54) is 19.0 Å². The van der Waals surface area contributed by atoms with Crippen molar-refractivity contribution in [2.45, 2.75) is 19.3 Å². The highest BCUT2D eigenvalue weighted by Crippen LogP contribution is 2.34. The van der Waals surface area contributed by atoms with E-state index in [2.05, 4.69) is 4.98 Å². The van der Waals surface area contributed by atoms with Crippen molar-refractivity contribution in [2.75, 3.05) is 0 Å². The number of carbonyl (C=O) groups excluding carboxylic acids is 1. The molecule has 3 heteroatoms. The number of aromatic nitrogens is 1. The van der Waals surface area contributed by atoms with E-state index in [1.54, 1.807) is 12.3 Å². The van der Waals surface area contributed by atoms with Crippen LogP contribution in [0.2, 0.25) is 5.02 Å². The van der Waals surface area contributed by atoms with Crippen LogP contribution in [0, 0.1) is 5.92 Å². The lowest BCUT2D eigenvalue weighted by atomic mass is 10.1. The summed E-state index contributed by atoms with van der Waals surface area (Å²) in [5.41, 5.74) is 0.614. The van der Waals surface area contributed by atoms with Crippen LogP contribution in [-0.2, 0) is 0 Å². The number of halogens is 1. The van der Waals surface area contributed by atoms with Crippen LogP contribution in [0.25, 0.3) is 0 Å². The summed E-state index contributed by atoms with van der Waals surface area (Å²) in [5.74, 6) is 0.756. The van der Waals surface area contributed by atoms with Gasteiger partial charge in [0.15, 0.2) is 5.78 Å². The van der Waals surface area contributed by atoms with Crippen LogP contribution < -0.4 is 0 Å². The fourth-order valence-electron chi connectivity index (χ4n) is 1.30. The third-order valence-corrected chi connectivity index (χ3v) is 2.55. The van der Waals surface area contributed by atoms with Gasteiger partial charge in [-0.1, -0.05) is 11.6 Å². The lowest BCUT2D eigenvalue weighted by Gasteiger charge is -2.00. The molecule has 0 aromatic carbocycles. The number of Topliss-reactive ketones (excluding diaryl/α,β-unsaturated/α-hetero) is 1.